The zero-order valence-corrected chi connectivity index (χ0v) is 12.7. The van der Waals surface area contributed by atoms with Crippen molar-refractivity contribution in [2.24, 2.45) is 17.8 Å². The largest absolute Gasteiger partial charge is 0.480 e. The lowest BCUT2D eigenvalue weighted by Gasteiger charge is -2.37. The van der Waals surface area contributed by atoms with Gasteiger partial charge in [-0.3, -0.25) is 9.00 Å². The van der Waals surface area contributed by atoms with E-state index in [1.54, 1.807) is 0 Å². The predicted octanol–water partition coefficient (Wildman–Crippen LogP) is 3.06. The fourth-order valence-corrected chi connectivity index (χ4v) is 5.29. The Morgan fingerprint density at radius 1 is 1.39 bits per heavy atom. The van der Waals surface area contributed by atoms with E-state index in [1.165, 1.54) is 6.42 Å². The summed E-state index contributed by atoms with van der Waals surface area (Å²) >= 11 is 0. The molecular formula is C14H26O3S. The zero-order chi connectivity index (χ0) is 13.9. The van der Waals surface area contributed by atoms with E-state index in [4.69, 9.17) is 0 Å². The molecule has 1 saturated carbocycles. The van der Waals surface area contributed by atoms with Crippen LogP contribution in [0.4, 0.5) is 0 Å². The first-order valence-corrected chi connectivity index (χ1v) is 8.28. The molecule has 0 amide bonds. The van der Waals surface area contributed by atoms with Gasteiger partial charge in [0, 0.05) is 16.0 Å². The van der Waals surface area contributed by atoms with Crippen LogP contribution in [0.3, 0.4) is 0 Å². The van der Waals surface area contributed by atoms with Gasteiger partial charge in [0.1, 0.15) is 5.25 Å². The second kappa shape index (κ2) is 6.69. The van der Waals surface area contributed by atoms with E-state index in [-0.39, 0.29) is 5.25 Å². The van der Waals surface area contributed by atoms with Gasteiger partial charge in [-0.25, -0.2) is 0 Å². The highest BCUT2D eigenvalue weighted by Gasteiger charge is 2.38. The Morgan fingerprint density at radius 2 is 2.00 bits per heavy atom. The standard InChI is InChI=1S/C14H26O3S/c1-5-12(14(15)16)18(17)13-8-10(4)6-7-11(13)9(2)3/h9-13H,5-8H2,1-4H3,(H,15,16). The molecule has 0 aromatic carbocycles. The summed E-state index contributed by atoms with van der Waals surface area (Å²) in [5.74, 6) is 0.560. The van der Waals surface area contributed by atoms with Crippen molar-refractivity contribution in [2.45, 2.75) is 63.9 Å². The van der Waals surface area contributed by atoms with Gasteiger partial charge in [-0.05, 0) is 37.0 Å². The molecule has 3 nitrogen and oxygen atoms in total. The minimum atomic E-state index is -1.25. The first-order valence-electron chi connectivity index (χ1n) is 7.00. The average Bonchev–Trinajstić information content (AvgIpc) is 2.28. The average molecular weight is 274 g/mol. The zero-order valence-electron chi connectivity index (χ0n) is 11.9. The van der Waals surface area contributed by atoms with Crippen molar-refractivity contribution in [2.75, 3.05) is 0 Å². The lowest BCUT2D eigenvalue weighted by molar-refractivity contribution is -0.136. The van der Waals surface area contributed by atoms with Gasteiger partial charge in [-0.1, -0.05) is 34.1 Å². The maximum atomic E-state index is 12.6. The van der Waals surface area contributed by atoms with Gasteiger partial charge in [-0.15, -0.1) is 0 Å². The van der Waals surface area contributed by atoms with E-state index >= 15 is 0 Å². The molecule has 0 radical (unpaired) electrons. The van der Waals surface area contributed by atoms with Crippen LogP contribution < -0.4 is 0 Å². The van der Waals surface area contributed by atoms with Gasteiger partial charge >= 0.3 is 5.97 Å². The molecule has 0 spiro atoms. The lowest BCUT2D eigenvalue weighted by Crippen LogP contribution is -2.41. The molecule has 0 aliphatic heterocycles. The van der Waals surface area contributed by atoms with E-state index in [0.717, 1.165) is 12.8 Å². The molecule has 0 bridgehead atoms. The number of carboxylic acid groups (broad SMARTS) is 1. The molecule has 4 heteroatoms. The molecule has 5 unspecified atom stereocenters. The summed E-state index contributed by atoms with van der Waals surface area (Å²) < 4.78 is 12.6. The molecule has 5 atom stereocenters. The van der Waals surface area contributed by atoms with Crippen molar-refractivity contribution in [1.29, 1.82) is 0 Å². The van der Waals surface area contributed by atoms with Crippen molar-refractivity contribution in [3.8, 4) is 0 Å². The summed E-state index contributed by atoms with van der Waals surface area (Å²) in [6.45, 7) is 8.31. The van der Waals surface area contributed by atoms with E-state index in [2.05, 4.69) is 20.8 Å². The van der Waals surface area contributed by atoms with Gasteiger partial charge in [-0.2, -0.15) is 0 Å². The van der Waals surface area contributed by atoms with Crippen LogP contribution in [0.5, 0.6) is 0 Å². The van der Waals surface area contributed by atoms with Crippen LogP contribution in [-0.2, 0) is 15.6 Å². The maximum Gasteiger partial charge on any atom is 0.319 e. The molecule has 1 aliphatic carbocycles. The van der Waals surface area contributed by atoms with E-state index in [0.29, 0.717) is 24.2 Å². The summed E-state index contributed by atoms with van der Waals surface area (Å²) in [4.78, 5) is 11.2. The Balaban J connectivity index is 2.87. The van der Waals surface area contributed by atoms with E-state index in [1.807, 2.05) is 6.92 Å². The molecule has 1 aliphatic rings. The van der Waals surface area contributed by atoms with Crippen LogP contribution in [0.2, 0.25) is 0 Å². The normalized spacial score (nSPS) is 32.2. The monoisotopic (exact) mass is 274 g/mol. The van der Waals surface area contributed by atoms with Gasteiger partial charge in [0.15, 0.2) is 0 Å². The predicted molar refractivity (Wildman–Crippen MR) is 75.0 cm³/mol. The molecule has 1 rings (SSSR count). The summed E-state index contributed by atoms with van der Waals surface area (Å²) in [5, 5.41) is 8.54. The highest BCUT2D eigenvalue weighted by atomic mass is 32.2. The van der Waals surface area contributed by atoms with Crippen molar-refractivity contribution < 1.29 is 14.1 Å². The molecule has 0 saturated heterocycles. The number of aliphatic carboxylic acids is 1. The second-order valence-electron chi connectivity index (χ2n) is 5.93. The first-order chi connectivity index (χ1) is 8.38. The molecule has 1 fully saturated rings. The number of carbonyl (C=O) groups is 1. The van der Waals surface area contributed by atoms with Crippen molar-refractivity contribution in [3.63, 3.8) is 0 Å². The fourth-order valence-electron chi connectivity index (χ4n) is 3.03. The summed E-state index contributed by atoms with van der Waals surface area (Å²) in [6.07, 6.45) is 3.64. The third-order valence-corrected chi connectivity index (χ3v) is 6.42. The Labute approximate surface area is 113 Å². The number of hydrogen-bond acceptors (Lipinski definition) is 2. The highest BCUT2D eigenvalue weighted by Crippen LogP contribution is 2.37. The summed E-state index contributed by atoms with van der Waals surface area (Å²) in [7, 11) is -1.25. The van der Waals surface area contributed by atoms with Crippen LogP contribution in [0.25, 0.3) is 0 Å². The highest BCUT2D eigenvalue weighted by molar-refractivity contribution is 7.87. The molecule has 18 heavy (non-hydrogen) atoms. The van der Waals surface area contributed by atoms with Gasteiger partial charge < -0.3 is 5.11 Å². The Hall–Kier alpha value is -0.380. The van der Waals surface area contributed by atoms with Crippen molar-refractivity contribution in [1.82, 2.24) is 0 Å². The molecule has 1 N–H and O–H groups in total. The van der Waals surface area contributed by atoms with Crippen LogP contribution >= 0.6 is 0 Å². The van der Waals surface area contributed by atoms with Crippen LogP contribution in [0.15, 0.2) is 0 Å². The van der Waals surface area contributed by atoms with Crippen LogP contribution in [0, 0.1) is 17.8 Å². The maximum absolute atomic E-state index is 12.6. The molecule has 0 aromatic rings. The third-order valence-electron chi connectivity index (χ3n) is 4.19. The topological polar surface area (TPSA) is 54.4 Å². The lowest BCUT2D eigenvalue weighted by atomic mass is 9.77. The smallest absolute Gasteiger partial charge is 0.319 e. The fraction of sp³-hybridized carbons (Fsp3) is 0.929. The number of hydrogen-bond donors (Lipinski definition) is 1. The summed E-state index contributed by atoms with van der Waals surface area (Å²) in [6, 6.07) is 0. The number of carboxylic acids is 1. The van der Waals surface area contributed by atoms with Crippen molar-refractivity contribution >= 4 is 16.8 Å². The van der Waals surface area contributed by atoms with Crippen LogP contribution in [-0.4, -0.2) is 25.8 Å². The van der Waals surface area contributed by atoms with Gasteiger partial charge in [0.05, 0.1) is 0 Å². The Morgan fingerprint density at radius 3 is 2.44 bits per heavy atom. The summed E-state index contributed by atoms with van der Waals surface area (Å²) in [5.41, 5.74) is 0. The van der Waals surface area contributed by atoms with Gasteiger partial charge in [0.25, 0.3) is 0 Å². The Bertz CT molecular complexity index is 314. The first kappa shape index (κ1) is 15.7. The van der Waals surface area contributed by atoms with Gasteiger partial charge in [0.2, 0.25) is 0 Å². The SMILES string of the molecule is CCC(C(=O)O)S(=O)C1CC(C)CCC1C(C)C. The molecule has 0 heterocycles. The van der Waals surface area contributed by atoms with E-state index in [9.17, 15) is 14.1 Å². The Kier molecular flexibility index (Phi) is 5.83. The second-order valence-corrected chi connectivity index (χ2v) is 7.76. The van der Waals surface area contributed by atoms with Crippen LogP contribution in [0.1, 0.15) is 53.4 Å². The number of rotatable bonds is 5. The molecule has 0 aromatic heterocycles. The minimum absolute atomic E-state index is 0.0646. The third kappa shape index (κ3) is 3.56. The van der Waals surface area contributed by atoms with E-state index < -0.39 is 22.0 Å². The quantitative estimate of drug-likeness (QED) is 0.838. The van der Waals surface area contributed by atoms with Crippen molar-refractivity contribution in [3.05, 3.63) is 0 Å². The minimum Gasteiger partial charge on any atom is -0.480 e. The molecule has 106 valence electrons. The molecular weight excluding hydrogens is 248 g/mol.